The van der Waals surface area contributed by atoms with Crippen molar-refractivity contribution in [3.05, 3.63) is 59.2 Å². The number of nitrogens with one attached hydrogen (secondary N) is 2. The standard InChI is InChI=1S/C30H41N3O5/c1-30(2)37-22-25-20-24(14-15-28(25)38-30)27(34)21-32-16-7-3-4-8-17-36-18-9-5-6-11-23-12-10-13-26(19-23)33-29(31)35/h10,12-15,19-20,27,32,34H,3-5,7-9,16-18,21-22H2,1-2H3,(H3,31,33,35)/t27-/m1/s1. The first kappa shape index (κ1) is 29.5. The number of primary amides is 1. The lowest BCUT2D eigenvalue weighted by atomic mass is 10.0. The molecule has 8 nitrogen and oxygen atoms in total. The normalized spacial score (nSPS) is 14.5. The monoisotopic (exact) mass is 523 g/mol. The lowest BCUT2D eigenvalue weighted by molar-refractivity contribution is -0.180. The van der Waals surface area contributed by atoms with Crippen molar-refractivity contribution in [1.82, 2.24) is 5.32 Å². The van der Waals surface area contributed by atoms with E-state index in [1.54, 1.807) is 12.1 Å². The smallest absolute Gasteiger partial charge is 0.316 e. The number of fused-ring (bicyclic) bond motifs is 1. The van der Waals surface area contributed by atoms with E-state index in [1.807, 2.05) is 44.2 Å². The van der Waals surface area contributed by atoms with Gasteiger partial charge in [-0.1, -0.05) is 36.8 Å². The number of hydrogen-bond acceptors (Lipinski definition) is 6. The quantitative estimate of drug-likeness (QED) is 0.208. The number of aliphatic hydroxyl groups is 1. The molecule has 1 atom stereocenters. The first-order chi connectivity index (χ1) is 18.3. The van der Waals surface area contributed by atoms with Crippen molar-refractivity contribution in [3.8, 4) is 17.6 Å². The van der Waals surface area contributed by atoms with Gasteiger partial charge in [-0.15, -0.1) is 0 Å². The third-order valence-electron chi connectivity index (χ3n) is 6.08. The van der Waals surface area contributed by atoms with Crippen molar-refractivity contribution in [3.63, 3.8) is 0 Å². The number of carbonyl (C=O) groups excluding carboxylic acids is 1. The predicted octanol–water partition coefficient (Wildman–Crippen LogP) is 4.85. The van der Waals surface area contributed by atoms with Crippen LogP contribution in [-0.4, -0.2) is 43.2 Å². The summed E-state index contributed by atoms with van der Waals surface area (Å²) in [7, 11) is 0. The fourth-order valence-corrected chi connectivity index (χ4v) is 4.08. The predicted molar refractivity (Wildman–Crippen MR) is 149 cm³/mol. The molecule has 0 saturated carbocycles. The first-order valence-corrected chi connectivity index (χ1v) is 13.4. The van der Waals surface area contributed by atoms with E-state index in [1.165, 1.54) is 0 Å². The van der Waals surface area contributed by atoms with E-state index in [4.69, 9.17) is 19.9 Å². The molecule has 2 aromatic rings. The summed E-state index contributed by atoms with van der Waals surface area (Å²) < 4.78 is 17.2. The summed E-state index contributed by atoms with van der Waals surface area (Å²) in [5.74, 6) is 6.44. The summed E-state index contributed by atoms with van der Waals surface area (Å²) in [6.45, 7) is 7.15. The number of hydrogen-bond donors (Lipinski definition) is 4. The SMILES string of the molecule is CC1(C)OCc2cc([C@H](O)CNCCCCCCOCCCC#Cc3cccc(NC(N)=O)c3)ccc2O1. The number of rotatable bonds is 14. The lowest BCUT2D eigenvalue weighted by Crippen LogP contribution is -2.35. The Kier molecular flexibility index (Phi) is 11.9. The van der Waals surface area contributed by atoms with Gasteiger partial charge in [-0.3, -0.25) is 0 Å². The van der Waals surface area contributed by atoms with Crippen LogP contribution in [0.1, 0.15) is 75.2 Å². The molecule has 3 rings (SSSR count). The van der Waals surface area contributed by atoms with Gasteiger partial charge in [0.1, 0.15) is 5.75 Å². The Labute approximate surface area is 226 Å². The minimum atomic E-state index is -0.612. The van der Waals surface area contributed by atoms with Gasteiger partial charge in [-0.25, -0.2) is 4.79 Å². The van der Waals surface area contributed by atoms with E-state index >= 15 is 0 Å². The number of unbranched alkanes of at least 4 members (excludes halogenated alkanes) is 4. The molecule has 1 aliphatic heterocycles. The Morgan fingerprint density at radius 1 is 1.13 bits per heavy atom. The van der Waals surface area contributed by atoms with Crippen molar-refractivity contribution < 1.29 is 24.1 Å². The lowest BCUT2D eigenvalue weighted by Gasteiger charge is -2.33. The largest absolute Gasteiger partial charge is 0.463 e. The van der Waals surface area contributed by atoms with Gasteiger partial charge in [0.25, 0.3) is 0 Å². The van der Waals surface area contributed by atoms with Gasteiger partial charge in [0.05, 0.1) is 12.7 Å². The number of aliphatic hydroxyl groups excluding tert-OH is 1. The second-order valence-corrected chi connectivity index (χ2v) is 9.88. The number of ether oxygens (including phenoxy) is 3. The van der Waals surface area contributed by atoms with E-state index in [2.05, 4.69) is 22.5 Å². The van der Waals surface area contributed by atoms with Crippen LogP contribution in [0.25, 0.3) is 0 Å². The fourth-order valence-electron chi connectivity index (χ4n) is 4.08. The molecule has 0 aliphatic carbocycles. The number of carbonyl (C=O) groups is 1. The molecule has 1 heterocycles. The van der Waals surface area contributed by atoms with Gasteiger partial charge in [-0.2, -0.15) is 0 Å². The molecule has 0 aromatic heterocycles. The summed E-state index contributed by atoms with van der Waals surface area (Å²) >= 11 is 0. The Bertz CT molecular complexity index is 1090. The highest BCUT2D eigenvalue weighted by Crippen LogP contribution is 2.32. The van der Waals surface area contributed by atoms with Crippen LogP contribution in [0, 0.1) is 11.8 Å². The van der Waals surface area contributed by atoms with Crippen molar-refractivity contribution >= 4 is 11.7 Å². The van der Waals surface area contributed by atoms with E-state index in [0.717, 1.165) is 74.1 Å². The Hall–Kier alpha value is -3.09. The summed E-state index contributed by atoms with van der Waals surface area (Å²) in [6.07, 6.45) is 5.46. The second-order valence-electron chi connectivity index (χ2n) is 9.88. The third-order valence-corrected chi connectivity index (χ3v) is 6.08. The molecule has 0 bridgehead atoms. The molecular formula is C30H41N3O5. The van der Waals surface area contributed by atoms with Crippen LogP contribution in [0.2, 0.25) is 0 Å². The van der Waals surface area contributed by atoms with Gasteiger partial charge in [0, 0.05) is 56.8 Å². The minimum Gasteiger partial charge on any atom is -0.463 e. The zero-order valence-electron chi connectivity index (χ0n) is 22.6. The molecule has 2 aromatic carbocycles. The van der Waals surface area contributed by atoms with Crippen LogP contribution in [-0.2, 0) is 16.1 Å². The molecule has 206 valence electrons. The van der Waals surface area contributed by atoms with Gasteiger partial charge in [0.2, 0.25) is 5.79 Å². The first-order valence-electron chi connectivity index (χ1n) is 13.4. The number of nitrogens with two attached hydrogens (primary N) is 1. The number of benzene rings is 2. The Morgan fingerprint density at radius 3 is 2.79 bits per heavy atom. The molecule has 5 N–H and O–H groups in total. The zero-order chi connectivity index (χ0) is 27.2. The Balaban J connectivity index is 1.16. The van der Waals surface area contributed by atoms with Crippen molar-refractivity contribution in [1.29, 1.82) is 0 Å². The van der Waals surface area contributed by atoms with E-state index in [0.29, 0.717) is 25.4 Å². The second kappa shape index (κ2) is 15.4. The average Bonchev–Trinajstić information content (AvgIpc) is 2.87. The van der Waals surface area contributed by atoms with Crippen LogP contribution in [0.5, 0.6) is 5.75 Å². The molecule has 0 unspecified atom stereocenters. The van der Waals surface area contributed by atoms with Gasteiger partial charge in [-0.05, 0) is 61.7 Å². The van der Waals surface area contributed by atoms with Crippen LogP contribution in [0.3, 0.4) is 0 Å². The minimum absolute atomic E-state index is 0.488. The highest BCUT2D eigenvalue weighted by molar-refractivity contribution is 5.87. The van der Waals surface area contributed by atoms with Crippen molar-refractivity contribution in [2.75, 3.05) is 31.6 Å². The highest BCUT2D eigenvalue weighted by atomic mass is 16.7. The number of amides is 2. The van der Waals surface area contributed by atoms with E-state index in [-0.39, 0.29) is 0 Å². The maximum atomic E-state index is 10.9. The molecule has 0 radical (unpaired) electrons. The maximum absolute atomic E-state index is 10.9. The van der Waals surface area contributed by atoms with Crippen molar-refractivity contribution in [2.45, 2.75) is 70.9 Å². The molecular weight excluding hydrogens is 482 g/mol. The molecule has 0 spiro atoms. The highest BCUT2D eigenvalue weighted by Gasteiger charge is 2.27. The number of anilines is 1. The molecule has 8 heteroatoms. The molecule has 0 fully saturated rings. The third kappa shape index (κ3) is 10.7. The Morgan fingerprint density at radius 2 is 1.95 bits per heavy atom. The summed E-state index contributed by atoms with van der Waals surface area (Å²) in [5, 5.41) is 16.4. The summed E-state index contributed by atoms with van der Waals surface area (Å²) in [6, 6.07) is 12.5. The topological polar surface area (TPSA) is 115 Å². The maximum Gasteiger partial charge on any atom is 0.316 e. The van der Waals surface area contributed by atoms with Gasteiger partial charge < -0.3 is 35.7 Å². The zero-order valence-corrected chi connectivity index (χ0v) is 22.6. The molecule has 0 saturated heterocycles. The fraction of sp³-hybridized carbons (Fsp3) is 0.500. The summed E-state index contributed by atoms with van der Waals surface area (Å²) in [5.41, 5.74) is 8.46. The van der Waals surface area contributed by atoms with Crippen LogP contribution >= 0.6 is 0 Å². The van der Waals surface area contributed by atoms with Crippen LogP contribution < -0.4 is 21.1 Å². The van der Waals surface area contributed by atoms with Crippen LogP contribution in [0.4, 0.5) is 10.5 Å². The number of urea groups is 1. The average molecular weight is 524 g/mol. The van der Waals surface area contributed by atoms with Gasteiger partial charge in [0.15, 0.2) is 0 Å². The van der Waals surface area contributed by atoms with E-state index in [9.17, 15) is 9.90 Å². The van der Waals surface area contributed by atoms with E-state index < -0.39 is 17.9 Å². The summed E-state index contributed by atoms with van der Waals surface area (Å²) in [4.78, 5) is 10.9. The molecule has 38 heavy (non-hydrogen) atoms. The van der Waals surface area contributed by atoms with Crippen molar-refractivity contribution in [2.24, 2.45) is 5.73 Å². The molecule has 2 amide bonds. The molecule has 1 aliphatic rings. The van der Waals surface area contributed by atoms with Crippen LogP contribution in [0.15, 0.2) is 42.5 Å². The van der Waals surface area contributed by atoms with Gasteiger partial charge >= 0.3 is 6.03 Å².